The highest BCUT2D eigenvalue weighted by Gasteiger charge is 1.57. The Morgan fingerprint density at radius 3 is 1.58 bits per heavy atom. The average molecular weight is 160 g/mol. The van der Waals surface area contributed by atoms with E-state index in [1.54, 1.807) is 6.08 Å². The summed E-state index contributed by atoms with van der Waals surface area (Å²) in [7, 11) is 0. The topological polar surface area (TPSA) is 0 Å². The first-order valence-electron chi connectivity index (χ1n) is 4.19. The maximum absolute atomic E-state index is 3.51. The van der Waals surface area contributed by atoms with Crippen molar-refractivity contribution in [1.29, 1.82) is 0 Å². The van der Waals surface area contributed by atoms with Crippen LogP contribution in [0.2, 0.25) is 0 Å². The van der Waals surface area contributed by atoms with Crippen LogP contribution in [0.25, 0.3) is 0 Å². The van der Waals surface area contributed by atoms with Gasteiger partial charge in [0.15, 0.2) is 0 Å². The molecule has 0 spiro atoms. The number of benzene rings is 1. The second-order valence-electron chi connectivity index (χ2n) is 2.23. The Bertz CT molecular complexity index is 170. The van der Waals surface area contributed by atoms with Gasteiger partial charge in [-0.05, 0) is 6.42 Å². The molecule has 1 aromatic carbocycles. The van der Waals surface area contributed by atoms with Gasteiger partial charge in [0.25, 0.3) is 0 Å². The van der Waals surface area contributed by atoms with Gasteiger partial charge in [0, 0.05) is 0 Å². The van der Waals surface area contributed by atoms with Gasteiger partial charge in [-0.2, -0.15) is 0 Å². The minimum Gasteiger partial charge on any atom is -0.0991 e. The zero-order chi connectivity index (χ0) is 9.07. The van der Waals surface area contributed by atoms with Crippen LogP contribution in [0.5, 0.6) is 0 Å². The van der Waals surface area contributed by atoms with Gasteiger partial charge in [-0.1, -0.05) is 68.1 Å². The molecule has 0 atom stereocenters. The van der Waals surface area contributed by atoms with E-state index in [4.69, 9.17) is 0 Å². The molecule has 0 aliphatic heterocycles. The second kappa shape index (κ2) is 9.70. The first-order valence-corrected chi connectivity index (χ1v) is 4.19. The van der Waals surface area contributed by atoms with Gasteiger partial charge >= 0.3 is 0 Å². The Balaban J connectivity index is 0.000000202. The summed E-state index contributed by atoms with van der Waals surface area (Å²) in [6.07, 6.45) is 6.89. The molecule has 0 aliphatic rings. The van der Waals surface area contributed by atoms with Gasteiger partial charge in [-0.15, -0.1) is 0 Å². The summed E-state index contributed by atoms with van der Waals surface area (Å²) in [5.74, 6) is 0. The predicted molar refractivity (Wildman–Crippen MR) is 56.1 cm³/mol. The molecule has 12 heavy (non-hydrogen) atoms. The largest absolute Gasteiger partial charge is 0.0991 e. The third-order valence-electron chi connectivity index (χ3n) is 1.17. The van der Waals surface area contributed by atoms with Crippen molar-refractivity contribution in [2.45, 2.75) is 13.3 Å². The summed E-state index contributed by atoms with van der Waals surface area (Å²) in [5.41, 5.74) is 0. The molecular weight excluding hydrogens is 144 g/mol. The van der Waals surface area contributed by atoms with Gasteiger partial charge in [-0.25, -0.2) is 0 Å². The van der Waals surface area contributed by atoms with Crippen molar-refractivity contribution in [3.8, 4) is 0 Å². The molecule has 0 fully saturated rings. The fourth-order valence-corrected chi connectivity index (χ4v) is 0.617. The van der Waals surface area contributed by atoms with Crippen molar-refractivity contribution in [1.82, 2.24) is 0 Å². The highest BCUT2D eigenvalue weighted by Crippen LogP contribution is 1.80. The monoisotopic (exact) mass is 160 g/mol. The van der Waals surface area contributed by atoms with E-state index in [1.165, 1.54) is 0 Å². The number of rotatable bonds is 2. The Labute approximate surface area is 75.2 Å². The second-order valence-corrected chi connectivity index (χ2v) is 2.23. The van der Waals surface area contributed by atoms with Gasteiger partial charge in [0.1, 0.15) is 0 Å². The molecule has 0 heteroatoms. The highest BCUT2D eigenvalue weighted by molar-refractivity contribution is 4.99. The van der Waals surface area contributed by atoms with Gasteiger partial charge in [0.2, 0.25) is 0 Å². The molecular formula is C12H16. The van der Waals surface area contributed by atoms with Crippen LogP contribution < -0.4 is 0 Å². The molecule has 0 saturated carbocycles. The van der Waals surface area contributed by atoms with Crippen molar-refractivity contribution in [2.75, 3.05) is 0 Å². The summed E-state index contributed by atoms with van der Waals surface area (Å²) in [6, 6.07) is 12.0. The Kier molecular flexibility index (Phi) is 8.65. The van der Waals surface area contributed by atoms with E-state index >= 15 is 0 Å². The van der Waals surface area contributed by atoms with Crippen molar-refractivity contribution in [2.24, 2.45) is 0 Å². The molecule has 0 saturated heterocycles. The maximum Gasteiger partial charge on any atom is -0.0376 e. The van der Waals surface area contributed by atoms with Crippen LogP contribution in [0.3, 0.4) is 0 Å². The molecule has 1 rings (SSSR count). The SMILES string of the molecule is C=CC=CCC.c1ccccc1. The minimum absolute atomic E-state index is 1.10. The molecule has 0 nitrogen and oxygen atoms in total. The molecule has 64 valence electrons. The standard InChI is InChI=1S/C6H6.C6H10/c1-2-4-6-5-3-1;1-3-5-6-4-2/h1-6H;3,5-6H,1,4H2,2H3. The van der Waals surface area contributed by atoms with E-state index in [1.807, 2.05) is 42.5 Å². The maximum atomic E-state index is 3.51. The Hall–Kier alpha value is -1.30. The average Bonchev–Trinajstić information content (AvgIpc) is 2.18. The smallest absolute Gasteiger partial charge is 0.0376 e. The van der Waals surface area contributed by atoms with Crippen LogP contribution >= 0.6 is 0 Å². The van der Waals surface area contributed by atoms with Gasteiger partial charge in [-0.3, -0.25) is 0 Å². The fraction of sp³-hybridized carbons (Fsp3) is 0.167. The van der Waals surface area contributed by atoms with E-state index in [-0.39, 0.29) is 0 Å². The lowest BCUT2D eigenvalue weighted by atomic mass is 10.4. The zero-order valence-corrected chi connectivity index (χ0v) is 7.61. The molecule has 0 unspecified atom stereocenters. The lowest BCUT2D eigenvalue weighted by Crippen LogP contribution is -1.47. The highest BCUT2D eigenvalue weighted by atomic mass is 13.6. The number of allylic oxidation sites excluding steroid dienone is 3. The quantitative estimate of drug-likeness (QED) is 0.577. The third kappa shape index (κ3) is 8.70. The van der Waals surface area contributed by atoms with Gasteiger partial charge in [0.05, 0.1) is 0 Å². The fourth-order valence-electron chi connectivity index (χ4n) is 0.617. The van der Waals surface area contributed by atoms with E-state index in [2.05, 4.69) is 19.6 Å². The molecule has 0 heterocycles. The summed E-state index contributed by atoms with van der Waals surface area (Å²) < 4.78 is 0. The first-order chi connectivity index (χ1) is 5.91. The van der Waals surface area contributed by atoms with Crippen LogP contribution in [0.4, 0.5) is 0 Å². The van der Waals surface area contributed by atoms with E-state index in [0.717, 1.165) is 6.42 Å². The van der Waals surface area contributed by atoms with Crippen molar-refractivity contribution in [3.05, 3.63) is 61.2 Å². The van der Waals surface area contributed by atoms with Crippen LogP contribution in [-0.4, -0.2) is 0 Å². The minimum atomic E-state index is 1.10. The molecule has 0 aliphatic carbocycles. The molecule has 0 amide bonds. The summed E-state index contributed by atoms with van der Waals surface area (Å²) in [4.78, 5) is 0. The normalized spacial score (nSPS) is 8.75. The molecule has 0 bridgehead atoms. The van der Waals surface area contributed by atoms with Crippen LogP contribution in [-0.2, 0) is 0 Å². The molecule has 1 aromatic rings. The van der Waals surface area contributed by atoms with Crippen LogP contribution in [0.1, 0.15) is 13.3 Å². The molecule has 0 radical (unpaired) electrons. The Morgan fingerprint density at radius 1 is 1.00 bits per heavy atom. The van der Waals surface area contributed by atoms with E-state index in [9.17, 15) is 0 Å². The zero-order valence-electron chi connectivity index (χ0n) is 7.61. The molecule has 0 N–H and O–H groups in total. The van der Waals surface area contributed by atoms with E-state index in [0.29, 0.717) is 0 Å². The number of hydrogen-bond acceptors (Lipinski definition) is 0. The van der Waals surface area contributed by atoms with Crippen LogP contribution in [0, 0.1) is 0 Å². The molecule has 0 aromatic heterocycles. The lowest BCUT2D eigenvalue weighted by molar-refractivity contribution is 1.22. The third-order valence-corrected chi connectivity index (χ3v) is 1.17. The summed E-state index contributed by atoms with van der Waals surface area (Å²) in [6.45, 7) is 5.61. The van der Waals surface area contributed by atoms with E-state index < -0.39 is 0 Å². The summed E-state index contributed by atoms with van der Waals surface area (Å²) >= 11 is 0. The summed E-state index contributed by atoms with van der Waals surface area (Å²) in [5, 5.41) is 0. The lowest BCUT2D eigenvalue weighted by Gasteiger charge is -1.69. The number of hydrogen-bond donors (Lipinski definition) is 0. The Morgan fingerprint density at radius 2 is 1.42 bits per heavy atom. The van der Waals surface area contributed by atoms with Crippen molar-refractivity contribution >= 4 is 0 Å². The predicted octanol–water partition coefficient (Wildman–Crippen LogP) is 3.83. The van der Waals surface area contributed by atoms with Crippen LogP contribution in [0.15, 0.2) is 61.2 Å². The first kappa shape index (κ1) is 10.7. The van der Waals surface area contributed by atoms with Gasteiger partial charge < -0.3 is 0 Å². The van der Waals surface area contributed by atoms with Crippen molar-refractivity contribution in [3.63, 3.8) is 0 Å². The van der Waals surface area contributed by atoms with Crippen molar-refractivity contribution < 1.29 is 0 Å².